The second kappa shape index (κ2) is 7.04. The predicted octanol–water partition coefficient (Wildman–Crippen LogP) is 4.06. The van der Waals surface area contributed by atoms with Gasteiger partial charge in [0.05, 0.1) is 29.6 Å². The summed E-state index contributed by atoms with van der Waals surface area (Å²) >= 11 is 0. The number of nitrogens with zero attached hydrogens (tertiary/aromatic N) is 2. The van der Waals surface area contributed by atoms with Crippen molar-refractivity contribution in [2.45, 2.75) is 38.9 Å². The molecule has 0 N–H and O–H groups in total. The molecule has 0 unspecified atom stereocenters. The van der Waals surface area contributed by atoms with E-state index in [2.05, 4.69) is 39.8 Å². The lowest BCUT2D eigenvalue weighted by Gasteiger charge is -2.32. The van der Waals surface area contributed by atoms with Gasteiger partial charge in [-0.1, -0.05) is 36.4 Å². The Hall–Kier alpha value is -2.57. The van der Waals surface area contributed by atoms with Gasteiger partial charge >= 0.3 is 7.12 Å². The molecule has 1 fully saturated rings. The maximum Gasteiger partial charge on any atom is 0.494 e. The van der Waals surface area contributed by atoms with Crippen LogP contribution in [0.4, 0.5) is 0 Å². The molecule has 4 rings (SSSR count). The zero-order chi connectivity index (χ0) is 20.8. The normalized spacial score (nSPS) is 17.5. The first-order valence-corrected chi connectivity index (χ1v) is 9.84. The minimum atomic E-state index is -0.391. The number of benzene rings is 2. The average molecular weight is 390 g/mol. The molecule has 0 atom stereocenters. The molecule has 1 aromatic heterocycles. The van der Waals surface area contributed by atoms with E-state index in [0.29, 0.717) is 0 Å². The zero-order valence-electron chi connectivity index (χ0n) is 17.9. The van der Waals surface area contributed by atoms with Crippen LogP contribution in [0.3, 0.4) is 0 Å². The number of aryl methyl sites for hydroxylation is 1. The first-order chi connectivity index (χ1) is 13.7. The smallest absolute Gasteiger partial charge is 0.494 e. The van der Waals surface area contributed by atoms with Crippen LogP contribution < -0.4 is 10.2 Å². The molecule has 5 nitrogen and oxygen atoms in total. The molecule has 150 valence electrons. The van der Waals surface area contributed by atoms with Gasteiger partial charge in [0.2, 0.25) is 0 Å². The van der Waals surface area contributed by atoms with E-state index in [4.69, 9.17) is 19.0 Å². The molecule has 6 heteroatoms. The van der Waals surface area contributed by atoms with Crippen LogP contribution in [0.2, 0.25) is 0 Å². The van der Waals surface area contributed by atoms with Crippen molar-refractivity contribution in [3.05, 3.63) is 54.7 Å². The molecule has 0 spiro atoms. The Kier molecular flexibility index (Phi) is 4.79. The Balaban J connectivity index is 1.68. The number of aromatic nitrogens is 2. The molecule has 1 aliphatic rings. The lowest BCUT2D eigenvalue weighted by Crippen LogP contribution is -2.41. The lowest BCUT2D eigenvalue weighted by atomic mass is 9.78. The van der Waals surface area contributed by atoms with Crippen molar-refractivity contribution in [3.8, 4) is 28.4 Å². The standard InChI is InChI=1S/C23H27BN2O3/c1-22(2)23(3,4)29-24(28-22)17-11-9-10-16(14-17)19-15-26(5)21(25-19)18-12-7-8-13-20(18)27-6/h7-15H,1-6H3. The van der Waals surface area contributed by atoms with E-state index in [1.807, 2.05) is 54.2 Å². The van der Waals surface area contributed by atoms with Crippen LogP contribution in [0.15, 0.2) is 54.7 Å². The second-order valence-electron chi connectivity index (χ2n) is 8.47. The maximum atomic E-state index is 6.21. The fourth-order valence-corrected chi connectivity index (χ4v) is 3.51. The number of para-hydroxylation sites is 1. The van der Waals surface area contributed by atoms with Crippen LogP contribution in [-0.2, 0) is 16.4 Å². The van der Waals surface area contributed by atoms with E-state index in [1.165, 1.54) is 0 Å². The summed E-state index contributed by atoms with van der Waals surface area (Å²) in [5, 5.41) is 0. The highest BCUT2D eigenvalue weighted by Crippen LogP contribution is 2.37. The quantitative estimate of drug-likeness (QED) is 0.631. The van der Waals surface area contributed by atoms with E-state index in [9.17, 15) is 0 Å². The van der Waals surface area contributed by atoms with Crippen molar-refractivity contribution in [1.82, 2.24) is 9.55 Å². The highest BCUT2D eigenvalue weighted by molar-refractivity contribution is 6.62. The minimum absolute atomic E-state index is 0.365. The third-order valence-corrected chi connectivity index (χ3v) is 5.93. The minimum Gasteiger partial charge on any atom is -0.496 e. The van der Waals surface area contributed by atoms with Crippen molar-refractivity contribution in [2.24, 2.45) is 7.05 Å². The van der Waals surface area contributed by atoms with Gasteiger partial charge in [-0.2, -0.15) is 0 Å². The Labute approximate surface area is 172 Å². The zero-order valence-corrected chi connectivity index (χ0v) is 17.9. The van der Waals surface area contributed by atoms with E-state index in [0.717, 1.165) is 33.9 Å². The first-order valence-electron chi connectivity index (χ1n) is 9.84. The van der Waals surface area contributed by atoms with Crippen LogP contribution in [-0.4, -0.2) is 35.0 Å². The molecule has 2 heterocycles. The number of imidazole rings is 1. The summed E-state index contributed by atoms with van der Waals surface area (Å²) in [5.74, 6) is 1.66. The molecular formula is C23H27BN2O3. The fraction of sp³-hybridized carbons (Fsp3) is 0.348. The average Bonchev–Trinajstić information content (AvgIpc) is 3.18. The SMILES string of the molecule is COc1ccccc1-c1nc(-c2cccc(B3OC(C)(C)C(C)(C)O3)c2)cn1C. The molecule has 1 aliphatic heterocycles. The van der Waals surface area contributed by atoms with Crippen LogP contribution >= 0.6 is 0 Å². The summed E-state index contributed by atoms with van der Waals surface area (Å²) in [6, 6.07) is 16.1. The molecule has 0 radical (unpaired) electrons. The third-order valence-electron chi connectivity index (χ3n) is 5.93. The Morgan fingerprint density at radius 1 is 0.966 bits per heavy atom. The van der Waals surface area contributed by atoms with Crippen LogP contribution in [0.1, 0.15) is 27.7 Å². The lowest BCUT2D eigenvalue weighted by molar-refractivity contribution is 0.00578. The highest BCUT2D eigenvalue weighted by Gasteiger charge is 2.51. The molecule has 2 aromatic carbocycles. The maximum absolute atomic E-state index is 6.21. The van der Waals surface area contributed by atoms with Gasteiger partial charge in [-0.15, -0.1) is 0 Å². The van der Waals surface area contributed by atoms with Crippen molar-refractivity contribution in [3.63, 3.8) is 0 Å². The Morgan fingerprint density at radius 2 is 1.66 bits per heavy atom. The molecule has 0 aliphatic carbocycles. The summed E-state index contributed by atoms with van der Waals surface area (Å²) in [5.41, 5.74) is 3.14. The van der Waals surface area contributed by atoms with Crippen LogP contribution in [0.5, 0.6) is 5.75 Å². The summed E-state index contributed by atoms with van der Waals surface area (Å²) in [4.78, 5) is 4.89. The predicted molar refractivity (Wildman–Crippen MR) is 116 cm³/mol. The Morgan fingerprint density at radius 3 is 2.34 bits per heavy atom. The molecule has 1 saturated heterocycles. The van der Waals surface area contributed by atoms with Gasteiger partial charge in [0.1, 0.15) is 11.6 Å². The summed E-state index contributed by atoms with van der Waals surface area (Å²) in [6.07, 6.45) is 2.03. The van der Waals surface area contributed by atoms with E-state index < -0.39 is 7.12 Å². The highest BCUT2D eigenvalue weighted by atomic mass is 16.7. The van der Waals surface area contributed by atoms with E-state index in [-0.39, 0.29) is 11.2 Å². The van der Waals surface area contributed by atoms with Crippen molar-refractivity contribution in [1.29, 1.82) is 0 Å². The molecule has 0 saturated carbocycles. The van der Waals surface area contributed by atoms with Gasteiger partial charge < -0.3 is 18.6 Å². The number of hydrogen-bond donors (Lipinski definition) is 0. The summed E-state index contributed by atoms with van der Waals surface area (Å²) in [7, 11) is 3.28. The van der Waals surface area contributed by atoms with Crippen molar-refractivity contribution < 1.29 is 14.0 Å². The molecular weight excluding hydrogens is 363 g/mol. The largest absolute Gasteiger partial charge is 0.496 e. The van der Waals surface area contributed by atoms with E-state index in [1.54, 1.807) is 7.11 Å². The van der Waals surface area contributed by atoms with E-state index >= 15 is 0 Å². The molecule has 0 bridgehead atoms. The van der Waals surface area contributed by atoms with Gasteiger partial charge in [0, 0.05) is 18.8 Å². The topological polar surface area (TPSA) is 45.5 Å². The number of ether oxygens (including phenoxy) is 1. The molecule has 0 amide bonds. The van der Waals surface area contributed by atoms with Crippen LogP contribution in [0.25, 0.3) is 22.6 Å². The first kappa shape index (κ1) is 19.7. The molecule has 29 heavy (non-hydrogen) atoms. The van der Waals surface area contributed by atoms with Gasteiger partial charge in [0.25, 0.3) is 0 Å². The summed E-state index contributed by atoms with van der Waals surface area (Å²) in [6.45, 7) is 8.26. The second-order valence-corrected chi connectivity index (χ2v) is 8.47. The van der Waals surface area contributed by atoms with Gasteiger partial charge in [-0.25, -0.2) is 4.98 Å². The van der Waals surface area contributed by atoms with Gasteiger partial charge in [0.15, 0.2) is 0 Å². The Bertz CT molecular complexity index is 1030. The van der Waals surface area contributed by atoms with Gasteiger partial charge in [-0.3, -0.25) is 0 Å². The fourth-order valence-electron chi connectivity index (χ4n) is 3.51. The number of methoxy groups -OCH3 is 1. The van der Waals surface area contributed by atoms with Crippen molar-refractivity contribution in [2.75, 3.05) is 7.11 Å². The third kappa shape index (κ3) is 3.47. The number of rotatable bonds is 4. The van der Waals surface area contributed by atoms with Crippen molar-refractivity contribution >= 4 is 12.6 Å². The summed E-state index contributed by atoms with van der Waals surface area (Å²) < 4.78 is 19.9. The van der Waals surface area contributed by atoms with Gasteiger partial charge in [-0.05, 0) is 45.3 Å². The number of hydrogen-bond acceptors (Lipinski definition) is 4. The van der Waals surface area contributed by atoms with Crippen LogP contribution in [0, 0.1) is 0 Å². The molecule has 3 aromatic rings. The monoisotopic (exact) mass is 390 g/mol.